The topological polar surface area (TPSA) is 61.5 Å². The van der Waals surface area contributed by atoms with Crippen molar-refractivity contribution in [3.05, 3.63) is 0 Å². The van der Waals surface area contributed by atoms with Gasteiger partial charge < -0.3 is 21.1 Å². The number of likely N-dealkylation sites (tertiary alicyclic amines) is 1. The summed E-state index contributed by atoms with van der Waals surface area (Å²) in [7, 11) is 0. The molecule has 0 spiro atoms. The molecule has 2 aliphatic rings. The highest BCUT2D eigenvalue weighted by molar-refractivity contribution is 4.86. The predicted octanol–water partition coefficient (Wildman–Crippen LogP) is 1.19. The Hall–Kier alpha value is -0.160. The Bertz CT molecular complexity index is 270. The van der Waals surface area contributed by atoms with Crippen molar-refractivity contribution in [2.24, 2.45) is 17.6 Å². The summed E-state index contributed by atoms with van der Waals surface area (Å²) in [6.07, 6.45) is 7.12. The smallest absolute Gasteiger partial charge is 0.0540 e. The van der Waals surface area contributed by atoms with Crippen molar-refractivity contribution >= 4 is 0 Å². The van der Waals surface area contributed by atoms with Crippen molar-refractivity contribution in [2.75, 3.05) is 32.7 Å². The van der Waals surface area contributed by atoms with E-state index in [0.717, 1.165) is 44.9 Å². The molecule has 0 radical (unpaired) electrons. The van der Waals surface area contributed by atoms with Gasteiger partial charge in [0, 0.05) is 32.2 Å². The second-order valence-electron chi connectivity index (χ2n) is 6.85. The number of rotatable bonds is 8. The summed E-state index contributed by atoms with van der Waals surface area (Å²) in [4.78, 5) is 2.48. The van der Waals surface area contributed by atoms with Gasteiger partial charge in [-0.15, -0.1) is 0 Å². The van der Waals surface area contributed by atoms with Gasteiger partial charge in [0.25, 0.3) is 0 Å². The van der Waals surface area contributed by atoms with Gasteiger partial charge in [0.1, 0.15) is 0 Å². The molecular weight excluding hydrogens is 250 g/mol. The molecule has 0 aromatic rings. The van der Waals surface area contributed by atoms with Gasteiger partial charge in [-0.05, 0) is 50.5 Å². The molecule has 0 amide bonds. The van der Waals surface area contributed by atoms with E-state index in [-0.39, 0.29) is 6.10 Å². The lowest BCUT2D eigenvalue weighted by atomic mass is 9.84. The first-order valence-corrected chi connectivity index (χ1v) is 8.55. The van der Waals surface area contributed by atoms with Gasteiger partial charge >= 0.3 is 0 Å². The highest BCUT2D eigenvalue weighted by Gasteiger charge is 2.28. The van der Waals surface area contributed by atoms with Gasteiger partial charge in [-0.1, -0.05) is 13.3 Å². The Kier molecular flexibility index (Phi) is 6.75. The number of aliphatic hydroxyl groups excluding tert-OH is 1. The van der Waals surface area contributed by atoms with Gasteiger partial charge in [-0.25, -0.2) is 0 Å². The minimum Gasteiger partial charge on any atom is -0.393 e. The molecule has 0 bridgehead atoms. The van der Waals surface area contributed by atoms with E-state index < -0.39 is 0 Å². The molecule has 4 heteroatoms. The summed E-state index contributed by atoms with van der Waals surface area (Å²) in [5, 5.41) is 13.7. The van der Waals surface area contributed by atoms with Crippen LogP contribution in [0.2, 0.25) is 0 Å². The maximum Gasteiger partial charge on any atom is 0.0540 e. The predicted molar refractivity (Wildman–Crippen MR) is 83.6 cm³/mol. The number of hydrogen-bond acceptors (Lipinski definition) is 4. The fourth-order valence-corrected chi connectivity index (χ4v) is 3.57. The van der Waals surface area contributed by atoms with Gasteiger partial charge in [0.05, 0.1) is 6.10 Å². The van der Waals surface area contributed by atoms with E-state index in [2.05, 4.69) is 17.1 Å². The summed E-state index contributed by atoms with van der Waals surface area (Å²) in [5.41, 5.74) is 5.72. The summed E-state index contributed by atoms with van der Waals surface area (Å²) in [6.45, 7) is 7.21. The Labute approximate surface area is 124 Å². The molecule has 118 valence electrons. The SMILES string of the molecule is CCC(O)CC1CC(NCC2CCC2)CN(CCN)C1. The van der Waals surface area contributed by atoms with Crippen LogP contribution in [0, 0.1) is 11.8 Å². The van der Waals surface area contributed by atoms with Crippen LogP contribution in [0.15, 0.2) is 0 Å². The van der Waals surface area contributed by atoms with Crippen molar-refractivity contribution in [2.45, 2.75) is 57.6 Å². The summed E-state index contributed by atoms with van der Waals surface area (Å²) in [5.74, 6) is 1.53. The van der Waals surface area contributed by atoms with Crippen LogP contribution in [0.5, 0.6) is 0 Å². The number of nitrogens with one attached hydrogen (secondary N) is 1. The van der Waals surface area contributed by atoms with Crippen LogP contribution >= 0.6 is 0 Å². The molecule has 4 N–H and O–H groups in total. The van der Waals surface area contributed by atoms with E-state index in [4.69, 9.17) is 5.73 Å². The standard InChI is InChI=1S/C16H33N3O/c1-2-16(20)9-14-8-15(12-19(11-14)7-6-17)18-10-13-4-3-5-13/h13-16,18,20H,2-12,17H2,1H3. The monoisotopic (exact) mass is 283 g/mol. The molecule has 1 aliphatic heterocycles. The second-order valence-corrected chi connectivity index (χ2v) is 6.85. The van der Waals surface area contributed by atoms with E-state index in [9.17, 15) is 5.11 Å². The number of nitrogens with zero attached hydrogens (tertiary/aromatic N) is 1. The lowest BCUT2D eigenvalue weighted by Crippen LogP contribution is -2.51. The fraction of sp³-hybridized carbons (Fsp3) is 1.00. The zero-order valence-corrected chi connectivity index (χ0v) is 13.1. The maximum absolute atomic E-state index is 9.91. The second kappa shape index (κ2) is 8.32. The van der Waals surface area contributed by atoms with Gasteiger partial charge in [0.2, 0.25) is 0 Å². The van der Waals surface area contributed by atoms with E-state index in [1.54, 1.807) is 0 Å². The average molecular weight is 283 g/mol. The summed E-state index contributed by atoms with van der Waals surface area (Å²) >= 11 is 0. The van der Waals surface area contributed by atoms with E-state index in [1.807, 2.05) is 0 Å². The molecule has 4 nitrogen and oxygen atoms in total. The van der Waals surface area contributed by atoms with Crippen LogP contribution in [-0.4, -0.2) is 54.9 Å². The zero-order valence-electron chi connectivity index (χ0n) is 13.1. The van der Waals surface area contributed by atoms with E-state index in [0.29, 0.717) is 12.0 Å². The molecule has 1 saturated carbocycles. The highest BCUT2D eigenvalue weighted by atomic mass is 16.3. The minimum atomic E-state index is -0.134. The fourth-order valence-electron chi connectivity index (χ4n) is 3.57. The Morgan fingerprint density at radius 1 is 1.30 bits per heavy atom. The van der Waals surface area contributed by atoms with Gasteiger partial charge in [-0.3, -0.25) is 0 Å². The lowest BCUT2D eigenvalue weighted by molar-refractivity contribution is 0.0831. The number of nitrogens with two attached hydrogens (primary N) is 1. The molecule has 1 aliphatic carbocycles. The third kappa shape index (κ3) is 4.99. The molecule has 0 aromatic carbocycles. The third-order valence-electron chi connectivity index (χ3n) is 5.05. The Morgan fingerprint density at radius 2 is 2.10 bits per heavy atom. The van der Waals surface area contributed by atoms with Crippen molar-refractivity contribution in [3.8, 4) is 0 Å². The van der Waals surface area contributed by atoms with Crippen LogP contribution in [0.4, 0.5) is 0 Å². The average Bonchev–Trinajstić information content (AvgIpc) is 2.37. The van der Waals surface area contributed by atoms with Crippen molar-refractivity contribution in [1.82, 2.24) is 10.2 Å². The lowest BCUT2D eigenvalue weighted by Gasteiger charge is -2.40. The quantitative estimate of drug-likeness (QED) is 0.626. The van der Waals surface area contributed by atoms with Gasteiger partial charge in [0.15, 0.2) is 0 Å². The number of piperidine rings is 1. The maximum atomic E-state index is 9.91. The molecule has 3 unspecified atom stereocenters. The zero-order chi connectivity index (χ0) is 14.4. The molecule has 2 fully saturated rings. The van der Waals surface area contributed by atoms with Crippen LogP contribution in [-0.2, 0) is 0 Å². The third-order valence-corrected chi connectivity index (χ3v) is 5.05. The van der Waals surface area contributed by atoms with Crippen LogP contribution in [0.25, 0.3) is 0 Å². The van der Waals surface area contributed by atoms with E-state index >= 15 is 0 Å². The van der Waals surface area contributed by atoms with Crippen molar-refractivity contribution in [3.63, 3.8) is 0 Å². The highest BCUT2D eigenvalue weighted by Crippen LogP contribution is 2.27. The molecule has 3 atom stereocenters. The summed E-state index contributed by atoms with van der Waals surface area (Å²) in [6, 6.07) is 0.588. The Morgan fingerprint density at radius 3 is 2.70 bits per heavy atom. The Balaban J connectivity index is 1.79. The first-order valence-electron chi connectivity index (χ1n) is 8.55. The van der Waals surface area contributed by atoms with Crippen molar-refractivity contribution in [1.29, 1.82) is 0 Å². The van der Waals surface area contributed by atoms with Crippen LogP contribution in [0.1, 0.15) is 45.4 Å². The first kappa shape index (κ1) is 16.2. The van der Waals surface area contributed by atoms with E-state index in [1.165, 1.54) is 32.2 Å². The van der Waals surface area contributed by atoms with Crippen LogP contribution in [0.3, 0.4) is 0 Å². The van der Waals surface area contributed by atoms with Gasteiger partial charge in [-0.2, -0.15) is 0 Å². The number of hydrogen-bond donors (Lipinski definition) is 3. The molecule has 1 heterocycles. The van der Waals surface area contributed by atoms with Crippen molar-refractivity contribution < 1.29 is 5.11 Å². The molecule has 1 saturated heterocycles. The minimum absolute atomic E-state index is 0.134. The number of aliphatic hydroxyl groups is 1. The van der Waals surface area contributed by atoms with Crippen LogP contribution < -0.4 is 11.1 Å². The molecule has 20 heavy (non-hydrogen) atoms. The molecule has 0 aromatic heterocycles. The largest absolute Gasteiger partial charge is 0.393 e. The molecule has 2 rings (SSSR count). The summed E-state index contributed by atoms with van der Waals surface area (Å²) < 4.78 is 0. The normalized spacial score (nSPS) is 30.1. The molecular formula is C16H33N3O. The first-order chi connectivity index (χ1) is 9.71.